The van der Waals surface area contributed by atoms with Crippen LogP contribution in [0.1, 0.15) is 23.6 Å². The average molecular weight is 161 g/mol. The van der Waals surface area contributed by atoms with Crippen molar-refractivity contribution in [2.75, 3.05) is 6.54 Å². The van der Waals surface area contributed by atoms with Crippen LogP contribution in [0.3, 0.4) is 0 Å². The Bertz CT molecular complexity index is 278. The highest BCUT2D eigenvalue weighted by Gasteiger charge is 2.07. The summed E-state index contributed by atoms with van der Waals surface area (Å²) in [5.41, 5.74) is 4.49. The molecule has 0 unspecified atom stereocenters. The van der Waals surface area contributed by atoms with Gasteiger partial charge < -0.3 is 5.32 Å². The molecule has 2 rings (SSSR count). The number of hydrogen-bond acceptors (Lipinski definition) is 1. The maximum atomic E-state index is 3.39. The molecule has 1 aliphatic rings. The van der Waals surface area contributed by atoms with Gasteiger partial charge in [-0.1, -0.05) is 25.1 Å². The van der Waals surface area contributed by atoms with Crippen molar-refractivity contribution in [1.29, 1.82) is 0 Å². The molecule has 1 N–H and O–H groups in total. The quantitative estimate of drug-likeness (QED) is 0.663. The summed E-state index contributed by atoms with van der Waals surface area (Å²) in [7, 11) is 0. The van der Waals surface area contributed by atoms with Crippen LogP contribution in [0.4, 0.5) is 0 Å². The van der Waals surface area contributed by atoms with Gasteiger partial charge in [0.1, 0.15) is 0 Å². The predicted octanol–water partition coefficient (Wildman–Crippen LogP) is 1.89. The molecule has 64 valence electrons. The summed E-state index contributed by atoms with van der Waals surface area (Å²) in [5, 5.41) is 3.39. The zero-order valence-corrected chi connectivity index (χ0v) is 7.56. The van der Waals surface area contributed by atoms with Gasteiger partial charge in [-0.25, -0.2) is 0 Å². The highest BCUT2D eigenvalue weighted by atomic mass is 14.9. The van der Waals surface area contributed by atoms with E-state index >= 15 is 0 Å². The molecule has 0 radical (unpaired) electrons. The van der Waals surface area contributed by atoms with Crippen LogP contribution in [0.2, 0.25) is 0 Å². The van der Waals surface area contributed by atoms with Crippen molar-refractivity contribution in [3.63, 3.8) is 0 Å². The molecule has 1 aliphatic heterocycles. The van der Waals surface area contributed by atoms with Crippen LogP contribution in [-0.2, 0) is 19.4 Å². The van der Waals surface area contributed by atoms with Crippen LogP contribution in [0.5, 0.6) is 0 Å². The minimum atomic E-state index is 1.06. The molecule has 1 heteroatoms. The maximum Gasteiger partial charge on any atom is 0.0208 e. The van der Waals surface area contributed by atoms with Crippen LogP contribution >= 0.6 is 0 Å². The third-order valence-electron chi connectivity index (χ3n) is 2.57. The van der Waals surface area contributed by atoms with E-state index in [-0.39, 0.29) is 0 Å². The first-order chi connectivity index (χ1) is 5.90. The first-order valence-corrected chi connectivity index (χ1v) is 4.71. The lowest BCUT2D eigenvalue weighted by molar-refractivity contribution is 0.643. The molecule has 1 heterocycles. The SMILES string of the molecule is CCc1ccc2c(c1)CNCC2. The lowest BCUT2D eigenvalue weighted by atomic mass is 9.98. The van der Waals surface area contributed by atoms with Crippen LogP contribution in [0.15, 0.2) is 18.2 Å². The molecule has 1 nitrogen and oxygen atoms in total. The normalized spacial score (nSPS) is 15.8. The molecule has 0 saturated carbocycles. The Balaban J connectivity index is 2.36. The highest BCUT2D eigenvalue weighted by Crippen LogP contribution is 2.15. The Morgan fingerprint density at radius 1 is 1.33 bits per heavy atom. The molecule has 1 aromatic rings. The smallest absolute Gasteiger partial charge is 0.0208 e. The number of benzene rings is 1. The topological polar surface area (TPSA) is 12.0 Å². The summed E-state index contributed by atoms with van der Waals surface area (Å²) in [6, 6.07) is 6.88. The van der Waals surface area contributed by atoms with Gasteiger partial charge in [-0.2, -0.15) is 0 Å². The van der Waals surface area contributed by atoms with E-state index in [1.54, 1.807) is 0 Å². The largest absolute Gasteiger partial charge is 0.312 e. The van der Waals surface area contributed by atoms with E-state index in [1.807, 2.05) is 0 Å². The van der Waals surface area contributed by atoms with Gasteiger partial charge in [-0.15, -0.1) is 0 Å². The standard InChI is InChI=1S/C11H15N/c1-2-9-3-4-10-5-6-12-8-11(10)7-9/h3-4,7,12H,2,5-6,8H2,1H3. The summed E-state index contributed by atoms with van der Waals surface area (Å²) < 4.78 is 0. The molecule has 0 bridgehead atoms. The van der Waals surface area contributed by atoms with E-state index in [0.717, 1.165) is 19.5 Å². The van der Waals surface area contributed by atoms with Gasteiger partial charge in [0.2, 0.25) is 0 Å². The summed E-state index contributed by atoms with van der Waals surface area (Å²) in [6.07, 6.45) is 2.34. The minimum absolute atomic E-state index is 1.06. The van der Waals surface area contributed by atoms with Gasteiger partial charge in [0.05, 0.1) is 0 Å². The maximum absolute atomic E-state index is 3.39. The minimum Gasteiger partial charge on any atom is -0.312 e. The first-order valence-electron chi connectivity index (χ1n) is 4.71. The summed E-state index contributed by atoms with van der Waals surface area (Å²) in [6.45, 7) is 4.40. The van der Waals surface area contributed by atoms with Crippen LogP contribution in [0, 0.1) is 0 Å². The Labute approximate surface area is 73.8 Å². The van der Waals surface area contributed by atoms with Crippen molar-refractivity contribution < 1.29 is 0 Å². The van der Waals surface area contributed by atoms with E-state index in [2.05, 4.69) is 30.4 Å². The monoisotopic (exact) mass is 161 g/mol. The number of nitrogens with one attached hydrogen (secondary N) is 1. The molecule has 0 aromatic heterocycles. The molecule has 0 atom stereocenters. The van der Waals surface area contributed by atoms with E-state index in [9.17, 15) is 0 Å². The molecule has 0 amide bonds. The van der Waals surface area contributed by atoms with Crippen molar-refractivity contribution >= 4 is 0 Å². The molecule has 12 heavy (non-hydrogen) atoms. The number of fused-ring (bicyclic) bond motifs is 1. The van der Waals surface area contributed by atoms with Crippen LogP contribution < -0.4 is 5.32 Å². The second-order valence-corrected chi connectivity index (χ2v) is 3.38. The fourth-order valence-electron chi connectivity index (χ4n) is 1.75. The zero-order chi connectivity index (χ0) is 8.39. The van der Waals surface area contributed by atoms with Gasteiger partial charge in [-0.05, 0) is 36.1 Å². The summed E-state index contributed by atoms with van der Waals surface area (Å²) in [4.78, 5) is 0. The van der Waals surface area contributed by atoms with Crippen LogP contribution in [-0.4, -0.2) is 6.54 Å². The van der Waals surface area contributed by atoms with E-state index in [1.165, 1.54) is 23.1 Å². The number of rotatable bonds is 1. The lowest BCUT2D eigenvalue weighted by Gasteiger charge is -2.17. The van der Waals surface area contributed by atoms with E-state index in [0.29, 0.717) is 0 Å². The molecular weight excluding hydrogens is 146 g/mol. The first kappa shape index (κ1) is 7.81. The highest BCUT2D eigenvalue weighted by molar-refractivity contribution is 5.33. The average Bonchev–Trinajstić information content (AvgIpc) is 2.17. The van der Waals surface area contributed by atoms with Crippen molar-refractivity contribution in [2.45, 2.75) is 26.3 Å². The predicted molar refractivity (Wildman–Crippen MR) is 51.2 cm³/mol. The molecule has 0 spiro atoms. The molecule has 1 aromatic carbocycles. The van der Waals surface area contributed by atoms with Crippen molar-refractivity contribution in [1.82, 2.24) is 5.32 Å². The second-order valence-electron chi connectivity index (χ2n) is 3.38. The second kappa shape index (κ2) is 3.28. The van der Waals surface area contributed by atoms with Crippen molar-refractivity contribution in [3.05, 3.63) is 34.9 Å². The van der Waals surface area contributed by atoms with E-state index < -0.39 is 0 Å². The van der Waals surface area contributed by atoms with Gasteiger partial charge in [0.25, 0.3) is 0 Å². The molecule has 0 saturated heterocycles. The molecule has 0 aliphatic carbocycles. The van der Waals surface area contributed by atoms with Crippen molar-refractivity contribution in [2.24, 2.45) is 0 Å². The fraction of sp³-hybridized carbons (Fsp3) is 0.455. The summed E-state index contributed by atoms with van der Waals surface area (Å²) >= 11 is 0. The zero-order valence-electron chi connectivity index (χ0n) is 7.56. The van der Waals surface area contributed by atoms with E-state index in [4.69, 9.17) is 0 Å². The Morgan fingerprint density at radius 3 is 3.08 bits per heavy atom. The number of hydrogen-bond donors (Lipinski definition) is 1. The Morgan fingerprint density at radius 2 is 2.25 bits per heavy atom. The van der Waals surface area contributed by atoms with Gasteiger partial charge in [-0.3, -0.25) is 0 Å². The third-order valence-corrected chi connectivity index (χ3v) is 2.57. The van der Waals surface area contributed by atoms with Gasteiger partial charge >= 0.3 is 0 Å². The lowest BCUT2D eigenvalue weighted by Crippen LogP contribution is -2.23. The third kappa shape index (κ3) is 1.37. The fourth-order valence-corrected chi connectivity index (χ4v) is 1.75. The van der Waals surface area contributed by atoms with Gasteiger partial charge in [0, 0.05) is 6.54 Å². The number of aryl methyl sites for hydroxylation is 1. The molecular formula is C11H15N. The van der Waals surface area contributed by atoms with Crippen LogP contribution in [0.25, 0.3) is 0 Å². The Hall–Kier alpha value is -0.820. The molecule has 0 fully saturated rings. The van der Waals surface area contributed by atoms with Gasteiger partial charge in [0.15, 0.2) is 0 Å². The Kier molecular flexibility index (Phi) is 2.13. The van der Waals surface area contributed by atoms with Crippen molar-refractivity contribution in [3.8, 4) is 0 Å². The summed E-state index contributed by atoms with van der Waals surface area (Å²) in [5.74, 6) is 0.